The number of carbonyl (C=O) groups excluding carboxylic acids is 1. The predicted molar refractivity (Wildman–Crippen MR) is 84.9 cm³/mol. The summed E-state index contributed by atoms with van der Waals surface area (Å²) in [6.07, 6.45) is 1.42. The van der Waals surface area contributed by atoms with Crippen molar-refractivity contribution in [2.75, 3.05) is 13.1 Å². The molecule has 1 heterocycles. The topological polar surface area (TPSA) is 78.9 Å². The van der Waals surface area contributed by atoms with Gasteiger partial charge in [0.15, 0.2) is 0 Å². The Morgan fingerprint density at radius 2 is 1.68 bits per heavy atom. The molecule has 22 heavy (non-hydrogen) atoms. The van der Waals surface area contributed by atoms with Crippen molar-refractivity contribution < 1.29 is 19.4 Å². The largest absolute Gasteiger partial charge is 0.481 e. The van der Waals surface area contributed by atoms with Gasteiger partial charge in [-0.15, -0.1) is 0 Å². The van der Waals surface area contributed by atoms with Crippen LogP contribution in [0.4, 0.5) is 4.79 Å². The molecule has 0 saturated carbocycles. The molecule has 1 amide bonds. The number of ether oxygens (including phenoxy) is 1. The number of likely N-dealkylation sites (tertiary alicyclic amines) is 1. The molecule has 0 aromatic rings. The number of nitrogens with zero attached hydrogens (tertiary/aromatic N) is 1. The molecule has 2 N–H and O–H groups in total. The summed E-state index contributed by atoms with van der Waals surface area (Å²) in [5.41, 5.74) is -1.24. The van der Waals surface area contributed by atoms with E-state index in [1.165, 1.54) is 0 Å². The Morgan fingerprint density at radius 3 is 2.05 bits per heavy atom. The molecule has 0 atom stereocenters. The summed E-state index contributed by atoms with van der Waals surface area (Å²) in [7, 11) is 0. The molecule has 1 aliphatic rings. The number of rotatable bonds is 6. The van der Waals surface area contributed by atoms with Crippen LogP contribution in [0.25, 0.3) is 0 Å². The third-order valence-corrected chi connectivity index (χ3v) is 4.26. The first-order chi connectivity index (χ1) is 9.94. The molecule has 0 aromatic heterocycles. The van der Waals surface area contributed by atoms with Gasteiger partial charge < -0.3 is 20.1 Å². The van der Waals surface area contributed by atoms with Gasteiger partial charge in [0.2, 0.25) is 0 Å². The Labute approximate surface area is 133 Å². The standard InChI is InChI=1S/C16H30N2O4/c1-7-15(6,8-2)17-16(9-12(19)20)10-18(11-16)13(21)22-14(3,4)5/h17H,7-11H2,1-6H3,(H,19,20). The van der Waals surface area contributed by atoms with Gasteiger partial charge in [-0.2, -0.15) is 0 Å². The molecule has 0 unspecified atom stereocenters. The number of amides is 1. The Balaban J connectivity index is 2.75. The summed E-state index contributed by atoms with van der Waals surface area (Å²) in [4.78, 5) is 24.8. The summed E-state index contributed by atoms with van der Waals surface area (Å²) in [6, 6.07) is 0. The third kappa shape index (κ3) is 4.87. The van der Waals surface area contributed by atoms with Gasteiger partial charge in [0.05, 0.1) is 12.0 Å². The van der Waals surface area contributed by atoms with Crippen LogP contribution in [0.1, 0.15) is 60.8 Å². The van der Waals surface area contributed by atoms with E-state index in [-0.39, 0.29) is 18.1 Å². The number of aliphatic carboxylic acids is 1. The van der Waals surface area contributed by atoms with Crippen molar-refractivity contribution in [3.63, 3.8) is 0 Å². The zero-order valence-corrected chi connectivity index (χ0v) is 14.7. The number of hydrogen-bond donors (Lipinski definition) is 2. The molecule has 6 nitrogen and oxygen atoms in total. The van der Waals surface area contributed by atoms with E-state index in [1.54, 1.807) is 4.90 Å². The molecule has 0 bridgehead atoms. The minimum absolute atomic E-state index is 0.00187. The van der Waals surface area contributed by atoms with E-state index < -0.39 is 17.1 Å². The fourth-order valence-corrected chi connectivity index (χ4v) is 2.73. The SMILES string of the molecule is CCC(C)(CC)NC1(CC(=O)O)CN(C(=O)OC(C)(C)C)C1. The van der Waals surface area contributed by atoms with E-state index in [1.807, 2.05) is 20.8 Å². The van der Waals surface area contributed by atoms with E-state index in [9.17, 15) is 14.7 Å². The van der Waals surface area contributed by atoms with Gasteiger partial charge in [-0.3, -0.25) is 4.79 Å². The minimum atomic E-state index is -0.856. The highest BCUT2D eigenvalue weighted by Gasteiger charge is 2.50. The first kappa shape index (κ1) is 18.7. The fraction of sp³-hybridized carbons (Fsp3) is 0.875. The van der Waals surface area contributed by atoms with Crippen LogP contribution in [-0.4, -0.2) is 51.8 Å². The second kappa shape index (κ2) is 6.44. The lowest BCUT2D eigenvalue weighted by molar-refractivity contribution is -0.141. The normalized spacial score (nSPS) is 17.8. The van der Waals surface area contributed by atoms with Crippen molar-refractivity contribution in [3.8, 4) is 0 Å². The van der Waals surface area contributed by atoms with Crippen molar-refractivity contribution in [1.82, 2.24) is 10.2 Å². The molecule has 0 aliphatic carbocycles. The van der Waals surface area contributed by atoms with Crippen LogP contribution in [-0.2, 0) is 9.53 Å². The van der Waals surface area contributed by atoms with Crippen molar-refractivity contribution in [1.29, 1.82) is 0 Å². The molecule has 1 rings (SSSR count). The number of carboxylic acids is 1. The van der Waals surface area contributed by atoms with Gasteiger partial charge in [-0.1, -0.05) is 13.8 Å². The van der Waals surface area contributed by atoms with E-state index in [0.29, 0.717) is 13.1 Å². The highest BCUT2D eigenvalue weighted by atomic mass is 16.6. The smallest absolute Gasteiger partial charge is 0.410 e. The number of nitrogens with one attached hydrogen (secondary N) is 1. The second-order valence-corrected chi connectivity index (χ2v) is 7.58. The van der Waals surface area contributed by atoms with Crippen LogP contribution in [0, 0.1) is 0 Å². The molecule has 0 aromatic carbocycles. The van der Waals surface area contributed by atoms with Gasteiger partial charge in [0.25, 0.3) is 0 Å². The van der Waals surface area contributed by atoms with Crippen LogP contribution in [0.5, 0.6) is 0 Å². The maximum atomic E-state index is 12.0. The third-order valence-electron chi connectivity index (χ3n) is 4.26. The van der Waals surface area contributed by atoms with Crippen LogP contribution in [0.15, 0.2) is 0 Å². The zero-order chi connectivity index (χ0) is 17.2. The predicted octanol–water partition coefficient (Wildman–Crippen LogP) is 2.62. The average molecular weight is 314 g/mol. The summed E-state index contributed by atoms with van der Waals surface area (Å²) in [5, 5.41) is 12.7. The maximum Gasteiger partial charge on any atom is 0.410 e. The molecule has 1 aliphatic heterocycles. The Bertz CT molecular complexity index is 418. The van der Waals surface area contributed by atoms with Crippen LogP contribution in [0.3, 0.4) is 0 Å². The zero-order valence-electron chi connectivity index (χ0n) is 14.7. The summed E-state index contributed by atoms with van der Waals surface area (Å²) in [6.45, 7) is 12.4. The van der Waals surface area contributed by atoms with Crippen LogP contribution < -0.4 is 5.32 Å². The Hall–Kier alpha value is -1.30. The van der Waals surface area contributed by atoms with Gasteiger partial charge in [0.1, 0.15) is 5.60 Å². The van der Waals surface area contributed by atoms with Gasteiger partial charge in [0, 0.05) is 18.6 Å². The number of hydrogen-bond acceptors (Lipinski definition) is 4. The summed E-state index contributed by atoms with van der Waals surface area (Å²) < 4.78 is 5.33. The molecular formula is C16H30N2O4. The number of carboxylic acid groups (broad SMARTS) is 1. The summed E-state index contributed by atoms with van der Waals surface area (Å²) >= 11 is 0. The van der Waals surface area contributed by atoms with Crippen molar-refractivity contribution in [3.05, 3.63) is 0 Å². The van der Waals surface area contributed by atoms with E-state index in [0.717, 1.165) is 12.8 Å². The lowest BCUT2D eigenvalue weighted by atomic mass is 9.81. The van der Waals surface area contributed by atoms with E-state index in [4.69, 9.17) is 4.74 Å². The van der Waals surface area contributed by atoms with Crippen molar-refractivity contribution >= 4 is 12.1 Å². The number of carbonyl (C=O) groups is 2. The molecule has 1 fully saturated rings. The Morgan fingerprint density at radius 1 is 1.18 bits per heavy atom. The van der Waals surface area contributed by atoms with Crippen molar-refractivity contribution in [2.45, 2.75) is 77.5 Å². The lowest BCUT2D eigenvalue weighted by Gasteiger charge is -2.53. The van der Waals surface area contributed by atoms with E-state index in [2.05, 4.69) is 26.1 Å². The highest BCUT2D eigenvalue weighted by molar-refractivity contribution is 5.73. The first-order valence-corrected chi connectivity index (χ1v) is 7.93. The lowest BCUT2D eigenvalue weighted by Crippen LogP contribution is -2.74. The van der Waals surface area contributed by atoms with Gasteiger partial charge in [-0.25, -0.2) is 4.79 Å². The fourth-order valence-electron chi connectivity index (χ4n) is 2.73. The molecule has 6 heteroatoms. The Kier molecular flexibility index (Phi) is 5.49. The van der Waals surface area contributed by atoms with Gasteiger partial charge >= 0.3 is 12.1 Å². The second-order valence-electron chi connectivity index (χ2n) is 7.58. The average Bonchev–Trinajstić information content (AvgIpc) is 2.32. The minimum Gasteiger partial charge on any atom is -0.481 e. The molecular weight excluding hydrogens is 284 g/mol. The maximum absolute atomic E-state index is 12.0. The van der Waals surface area contributed by atoms with E-state index >= 15 is 0 Å². The first-order valence-electron chi connectivity index (χ1n) is 7.93. The summed E-state index contributed by atoms with van der Waals surface area (Å²) in [5.74, 6) is -0.856. The molecule has 128 valence electrons. The molecule has 0 spiro atoms. The van der Waals surface area contributed by atoms with Crippen LogP contribution >= 0.6 is 0 Å². The quantitative estimate of drug-likeness (QED) is 0.788. The molecule has 0 radical (unpaired) electrons. The highest BCUT2D eigenvalue weighted by Crippen LogP contribution is 2.31. The monoisotopic (exact) mass is 314 g/mol. The van der Waals surface area contributed by atoms with Gasteiger partial charge in [-0.05, 0) is 40.5 Å². The molecule has 1 saturated heterocycles. The van der Waals surface area contributed by atoms with Crippen LogP contribution in [0.2, 0.25) is 0 Å². The van der Waals surface area contributed by atoms with Crippen molar-refractivity contribution in [2.24, 2.45) is 0 Å².